The summed E-state index contributed by atoms with van der Waals surface area (Å²) < 4.78 is 0. The van der Waals surface area contributed by atoms with Crippen molar-refractivity contribution in [1.29, 1.82) is 0 Å². The van der Waals surface area contributed by atoms with Gasteiger partial charge in [0.15, 0.2) is 0 Å². The number of nitrogens with two attached hydrogens (primary N) is 1. The fraction of sp³-hybridized carbons (Fsp3) is 0.417. The first-order valence-electron chi connectivity index (χ1n) is 5.99. The maximum absolute atomic E-state index is 12.1. The molecule has 0 bridgehead atoms. The van der Waals surface area contributed by atoms with Crippen LogP contribution >= 0.6 is 11.6 Å². The van der Waals surface area contributed by atoms with Gasteiger partial charge in [0.2, 0.25) is 0 Å². The zero-order valence-electron chi connectivity index (χ0n) is 10.1. The van der Waals surface area contributed by atoms with Crippen molar-refractivity contribution in [1.82, 2.24) is 5.32 Å². The second-order valence-electron chi connectivity index (χ2n) is 4.59. The van der Waals surface area contributed by atoms with Crippen LogP contribution < -0.4 is 11.1 Å². The number of nitrogens with one attached hydrogen (secondary N) is 1. The second-order valence-corrected chi connectivity index (χ2v) is 5.03. The van der Waals surface area contributed by atoms with Crippen molar-refractivity contribution in [2.24, 2.45) is 5.73 Å². The van der Waals surface area contributed by atoms with E-state index in [1.807, 2.05) is 0 Å². The highest BCUT2D eigenvalue weighted by Crippen LogP contribution is 2.24. The number of hydrogen-bond donors (Lipinski definition) is 2. The molecular formula is C12H14ClN3O3. The van der Waals surface area contributed by atoms with E-state index in [2.05, 4.69) is 5.32 Å². The van der Waals surface area contributed by atoms with Gasteiger partial charge in [-0.1, -0.05) is 11.6 Å². The highest BCUT2D eigenvalue weighted by Gasteiger charge is 2.28. The van der Waals surface area contributed by atoms with Crippen LogP contribution in [0.5, 0.6) is 0 Å². The summed E-state index contributed by atoms with van der Waals surface area (Å²) in [4.78, 5) is 22.4. The summed E-state index contributed by atoms with van der Waals surface area (Å²) in [5.74, 6) is -0.503. The minimum absolute atomic E-state index is 0.0309. The highest BCUT2D eigenvalue weighted by atomic mass is 35.5. The van der Waals surface area contributed by atoms with Crippen LogP contribution in [-0.4, -0.2) is 22.9 Å². The van der Waals surface area contributed by atoms with Crippen LogP contribution in [0.4, 0.5) is 5.69 Å². The molecule has 1 aromatic carbocycles. The number of carbonyl (C=O) groups is 1. The molecule has 0 radical (unpaired) electrons. The smallest absolute Gasteiger partial charge is 0.282 e. The highest BCUT2D eigenvalue weighted by molar-refractivity contribution is 6.31. The summed E-state index contributed by atoms with van der Waals surface area (Å²) in [5.41, 5.74) is 5.57. The normalized spacial score (nSPS) is 22.2. The molecular weight excluding hydrogens is 270 g/mol. The van der Waals surface area contributed by atoms with Gasteiger partial charge in [-0.05, 0) is 31.4 Å². The Morgan fingerprint density at radius 3 is 2.79 bits per heavy atom. The number of nitro groups is 1. The average Bonchev–Trinajstić information content (AvgIpc) is 2.74. The molecule has 1 aromatic rings. The first kappa shape index (κ1) is 13.8. The molecule has 2 unspecified atom stereocenters. The van der Waals surface area contributed by atoms with Gasteiger partial charge in [-0.2, -0.15) is 0 Å². The lowest BCUT2D eigenvalue weighted by molar-refractivity contribution is -0.385. The van der Waals surface area contributed by atoms with E-state index in [0.717, 1.165) is 19.3 Å². The van der Waals surface area contributed by atoms with Crippen molar-refractivity contribution in [2.75, 3.05) is 0 Å². The Morgan fingerprint density at radius 2 is 2.21 bits per heavy atom. The number of rotatable bonds is 3. The van der Waals surface area contributed by atoms with Gasteiger partial charge in [-0.3, -0.25) is 14.9 Å². The van der Waals surface area contributed by atoms with Crippen molar-refractivity contribution in [3.05, 3.63) is 38.9 Å². The first-order chi connectivity index (χ1) is 8.99. The van der Waals surface area contributed by atoms with Gasteiger partial charge in [0, 0.05) is 23.2 Å². The minimum atomic E-state index is -0.597. The Morgan fingerprint density at radius 1 is 1.47 bits per heavy atom. The van der Waals surface area contributed by atoms with E-state index < -0.39 is 10.8 Å². The van der Waals surface area contributed by atoms with Crippen molar-refractivity contribution in [3.8, 4) is 0 Å². The summed E-state index contributed by atoms with van der Waals surface area (Å²) in [6.45, 7) is 0. The topological polar surface area (TPSA) is 98.3 Å². The summed E-state index contributed by atoms with van der Waals surface area (Å²) in [6, 6.07) is 3.69. The van der Waals surface area contributed by atoms with Gasteiger partial charge >= 0.3 is 0 Å². The standard InChI is InChI=1S/C12H14ClN3O3/c13-7-4-5-11(16(18)19)8(6-7)12(17)15-10-3-1-2-9(10)14/h4-6,9-10H,1-3,14H2,(H,15,17). The van der Waals surface area contributed by atoms with Crippen molar-refractivity contribution in [3.63, 3.8) is 0 Å². The largest absolute Gasteiger partial charge is 0.348 e. The molecule has 7 heteroatoms. The number of nitro benzene ring substituents is 1. The third-order valence-corrected chi connectivity index (χ3v) is 3.52. The van der Waals surface area contributed by atoms with Crippen LogP contribution in [0.25, 0.3) is 0 Å². The molecule has 1 aliphatic rings. The van der Waals surface area contributed by atoms with Gasteiger partial charge in [0.25, 0.3) is 11.6 Å². The molecule has 102 valence electrons. The summed E-state index contributed by atoms with van der Waals surface area (Å²) in [7, 11) is 0. The maximum Gasteiger partial charge on any atom is 0.282 e. The van der Waals surface area contributed by atoms with Crippen molar-refractivity contribution in [2.45, 2.75) is 31.3 Å². The minimum Gasteiger partial charge on any atom is -0.348 e. The lowest BCUT2D eigenvalue weighted by atomic mass is 10.1. The van der Waals surface area contributed by atoms with Crippen LogP contribution in [-0.2, 0) is 0 Å². The predicted octanol–water partition coefficient (Wildman–Crippen LogP) is 1.86. The average molecular weight is 284 g/mol. The fourth-order valence-electron chi connectivity index (χ4n) is 2.26. The van der Waals surface area contributed by atoms with Crippen molar-refractivity contribution >= 4 is 23.2 Å². The molecule has 2 rings (SSSR count). The van der Waals surface area contributed by atoms with Crippen LogP contribution in [0.3, 0.4) is 0 Å². The fourth-order valence-corrected chi connectivity index (χ4v) is 2.44. The zero-order chi connectivity index (χ0) is 14.0. The molecule has 19 heavy (non-hydrogen) atoms. The maximum atomic E-state index is 12.1. The van der Waals surface area contributed by atoms with Gasteiger partial charge in [0.1, 0.15) is 5.56 Å². The van der Waals surface area contributed by atoms with E-state index >= 15 is 0 Å². The Bertz CT molecular complexity index is 521. The van der Waals surface area contributed by atoms with Crippen molar-refractivity contribution < 1.29 is 9.72 Å². The van der Waals surface area contributed by atoms with E-state index in [1.165, 1.54) is 18.2 Å². The lowest BCUT2D eigenvalue weighted by Gasteiger charge is -2.17. The Kier molecular flexibility index (Phi) is 4.01. The van der Waals surface area contributed by atoms with Crippen LogP contribution in [0.1, 0.15) is 29.6 Å². The number of carbonyl (C=O) groups excluding carboxylic acids is 1. The van der Waals surface area contributed by atoms with E-state index in [-0.39, 0.29) is 28.4 Å². The van der Waals surface area contributed by atoms with E-state index in [9.17, 15) is 14.9 Å². The molecule has 1 saturated carbocycles. The van der Waals surface area contributed by atoms with Crippen LogP contribution in [0.2, 0.25) is 5.02 Å². The summed E-state index contributed by atoms with van der Waals surface area (Å²) in [6.07, 6.45) is 2.59. The summed E-state index contributed by atoms with van der Waals surface area (Å²) >= 11 is 5.78. The first-order valence-corrected chi connectivity index (χ1v) is 6.37. The molecule has 2 atom stereocenters. The Labute approximate surface area is 115 Å². The number of halogens is 1. The van der Waals surface area contributed by atoms with Crippen LogP contribution in [0, 0.1) is 10.1 Å². The number of benzene rings is 1. The molecule has 0 spiro atoms. The molecule has 0 saturated heterocycles. The van der Waals surface area contributed by atoms with E-state index in [4.69, 9.17) is 17.3 Å². The third-order valence-electron chi connectivity index (χ3n) is 3.29. The lowest BCUT2D eigenvalue weighted by Crippen LogP contribution is -2.44. The zero-order valence-corrected chi connectivity index (χ0v) is 10.9. The number of nitrogens with zero attached hydrogens (tertiary/aromatic N) is 1. The van der Waals surface area contributed by atoms with Crippen LogP contribution in [0.15, 0.2) is 18.2 Å². The molecule has 0 aliphatic heterocycles. The monoisotopic (exact) mass is 283 g/mol. The molecule has 0 aromatic heterocycles. The molecule has 6 nitrogen and oxygen atoms in total. The predicted molar refractivity (Wildman–Crippen MR) is 71.2 cm³/mol. The van der Waals surface area contributed by atoms with Gasteiger partial charge in [0.05, 0.1) is 4.92 Å². The SMILES string of the molecule is NC1CCCC1NC(=O)c1cc(Cl)ccc1[N+](=O)[O-]. The van der Waals surface area contributed by atoms with Gasteiger partial charge in [-0.25, -0.2) is 0 Å². The third kappa shape index (κ3) is 3.02. The van der Waals surface area contributed by atoms with E-state index in [1.54, 1.807) is 0 Å². The molecule has 0 heterocycles. The Hall–Kier alpha value is -1.66. The second kappa shape index (κ2) is 5.54. The van der Waals surface area contributed by atoms with Gasteiger partial charge < -0.3 is 11.1 Å². The molecule has 1 fully saturated rings. The number of hydrogen-bond acceptors (Lipinski definition) is 4. The quantitative estimate of drug-likeness (QED) is 0.653. The number of amides is 1. The van der Waals surface area contributed by atoms with E-state index in [0.29, 0.717) is 0 Å². The molecule has 3 N–H and O–H groups in total. The Balaban J connectivity index is 2.22. The molecule has 1 amide bonds. The van der Waals surface area contributed by atoms with Gasteiger partial charge in [-0.15, -0.1) is 0 Å². The molecule has 1 aliphatic carbocycles. The summed E-state index contributed by atoms with van der Waals surface area (Å²) in [5, 5.41) is 13.9.